The molecule has 1 saturated heterocycles. The minimum absolute atomic E-state index is 0.0910. The first-order valence-electron chi connectivity index (χ1n) is 8.86. The van der Waals surface area contributed by atoms with Crippen molar-refractivity contribution in [3.63, 3.8) is 0 Å². The van der Waals surface area contributed by atoms with Crippen LogP contribution in [0.15, 0.2) is 29.5 Å². The smallest absolute Gasteiger partial charge is 0.337 e. The van der Waals surface area contributed by atoms with E-state index in [9.17, 15) is 14.4 Å². The van der Waals surface area contributed by atoms with Crippen molar-refractivity contribution in [3.8, 4) is 0 Å². The maximum atomic E-state index is 12.6. The highest BCUT2D eigenvalue weighted by Crippen LogP contribution is 2.29. The van der Waals surface area contributed by atoms with Crippen molar-refractivity contribution < 1.29 is 24.2 Å². The third-order valence-corrected chi connectivity index (χ3v) is 4.78. The van der Waals surface area contributed by atoms with Crippen LogP contribution in [-0.4, -0.2) is 61.1 Å². The second-order valence-electron chi connectivity index (χ2n) is 6.57. The number of carbonyl (C=O) groups excluding carboxylic acids is 3. The third kappa shape index (κ3) is 3.66. The van der Waals surface area contributed by atoms with Crippen LogP contribution in [0, 0.1) is 6.92 Å². The summed E-state index contributed by atoms with van der Waals surface area (Å²) in [4.78, 5) is 39.7. The minimum Gasteiger partial charge on any atom is -0.466 e. The summed E-state index contributed by atoms with van der Waals surface area (Å²) >= 11 is 0. The summed E-state index contributed by atoms with van der Waals surface area (Å²) in [5, 5.41) is 12.1. The summed E-state index contributed by atoms with van der Waals surface area (Å²) < 4.78 is 4.78. The number of amides is 2. The van der Waals surface area contributed by atoms with Crippen LogP contribution in [0.1, 0.15) is 18.4 Å². The van der Waals surface area contributed by atoms with E-state index in [2.05, 4.69) is 5.32 Å². The lowest BCUT2D eigenvalue weighted by Gasteiger charge is -2.19. The molecule has 0 unspecified atom stereocenters. The SMILES string of the molecule is COC(=O)C1=C(Nc2ccc(N3CCCC3=O)c(C)c2)C(=O)N(CCO)C1. The summed E-state index contributed by atoms with van der Waals surface area (Å²) in [5.74, 6) is -0.830. The number of hydrogen-bond acceptors (Lipinski definition) is 6. The van der Waals surface area contributed by atoms with Gasteiger partial charge in [-0.15, -0.1) is 0 Å². The monoisotopic (exact) mass is 373 g/mol. The van der Waals surface area contributed by atoms with Crippen LogP contribution in [0.25, 0.3) is 0 Å². The molecule has 0 spiro atoms. The molecular weight excluding hydrogens is 350 g/mol. The van der Waals surface area contributed by atoms with Gasteiger partial charge >= 0.3 is 5.97 Å². The Morgan fingerprint density at radius 3 is 2.70 bits per heavy atom. The van der Waals surface area contributed by atoms with Gasteiger partial charge in [0.2, 0.25) is 5.91 Å². The van der Waals surface area contributed by atoms with Gasteiger partial charge in [-0.25, -0.2) is 4.79 Å². The maximum absolute atomic E-state index is 12.6. The van der Waals surface area contributed by atoms with E-state index in [1.807, 2.05) is 19.1 Å². The number of benzene rings is 1. The zero-order valence-corrected chi connectivity index (χ0v) is 15.4. The van der Waals surface area contributed by atoms with Gasteiger partial charge in [-0.3, -0.25) is 9.59 Å². The van der Waals surface area contributed by atoms with Crippen LogP contribution in [0.2, 0.25) is 0 Å². The molecule has 1 fully saturated rings. The molecular formula is C19H23N3O5. The van der Waals surface area contributed by atoms with Crippen molar-refractivity contribution >= 4 is 29.2 Å². The van der Waals surface area contributed by atoms with Crippen LogP contribution in [-0.2, 0) is 19.1 Å². The van der Waals surface area contributed by atoms with E-state index in [0.717, 1.165) is 17.7 Å². The number of carbonyl (C=O) groups is 3. The Kier molecular flexibility index (Phi) is 5.46. The molecule has 2 aliphatic rings. The van der Waals surface area contributed by atoms with Gasteiger partial charge in [0.05, 0.1) is 25.8 Å². The third-order valence-electron chi connectivity index (χ3n) is 4.78. The van der Waals surface area contributed by atoms with Crippen molar-refractivity contribution in [2.45, 2.75) is 19.8 Å². The molecule has 2 N–H and O–H groups in total. The van der Waals surface area contributed by atoms with Crippen molar-refractivity contribution in [2.24, 2.45) is 0 Å². The fourth-order valence-electron chi connectivity index (χ4n) is 3.43. The summed E-state index contributed by atoms with van der Waals surface area (Å²) in [6.07, 6.45) is 1.41. The van der Waals surface area contributed by atoms with E-state index < -0.39 is 5.97 Å². The predicted octanol–water partition coefficient (Wildman–Crippen LogP) is 0.795. The number of nitrogens with one attached hydrogen (secondary N) is 1. The van der Waals surface area contributed by atoms with Gasteiger partial charge in [-0.05, 0) is 37.1 Å². The number of ether oxygens (including phenoxy) is 1. The average molecular weight is 373 g/mol. The van der Waals surface area contributed by atoms with Gasteiger partial charge in [-0.2, -0.15) is 0 Å². The van der Waals surface area contributed by atoms with Crippen LogP contribution in [0.4, 0.5) is 11.4 Å². The van der Waals surface area contributed by atoms with Gasteiger partial charge in [-0.1, -0.05) is 0 Å². The number of anilines is 2. The molecule has 0 radical (unpaired) electrons. The molecule has 2 aliphatic heterocycles. The number of esters is 1. The molecule has 2 heterocycles. The van der Waals surface area contributed by atoms with E-state index in [-0.39, 0.29) is 42.8 Å². The van der Waals surface area contributed by atoms with Crippen LogP contribution in [0.5, 0.6) is 0 Å². The molecule has 0 bridgehead atoms. The summed E-state index contributed by atoms with van der Waals surface area (Å²) in [5.41, 5.74) is 2.77. The second-order valence-corrected chi connectivity index (χ2v) is 6.57. The topological polar surface area (TPSA) is 99.2 Å². The van der Waals surface area contributed by atoms with Crippen molar-refractivity contribution in [1.82, 2.24) is 4.90 Å². The van der Waals surface area contributed by atoms with Gasteiger partial charge in [0, 0.05) is 30.9 Å². The van der Waals surface area contributed by atoms with E-state index in [0.29, 0.717) is 18.7 Å². The molecule has 0 aliphatic carbocycles. The fourth-order valence-corrected chi connectivity index (χ4v) is 3.43. The highest BCUT2D eigenvalue weighted by atomic mass is 16.5. The van der Waals surface area contributed by atoms with Gasteiger partial charge in [0.1, 0.15) is 5.70 Å². The van der Waals surface area contributed by atoms with Crippen LogP contribution < -0.4 is 10.2 Å². The first-order valence-corrected chi connectivity index (χ1v) is 8.86. The molecule has 0 saturated carbocycles. The Bertz CT molecular complexity index is 818. The standard InChI is InChI=1S/C19H23N3O5/c1-12-10-13(5-6-15(12)22-7-3-4-16(22)24)20-17-14(19(26)27-2)11-21(8-9-23)18(17)25/h5-6,10,20,23H,3-4,7-9,11H2,1-2H3. The van der Waals surface area contributed by atoms with Crippen LogP contribution >= 0.6 is 0 Å². The highest BCUT2D eigenvalue weighted by molar-refractivity contribution is 6.08. The Morgan fingerprint density at radius 1 is 1.33 bits per heavy atom. The number of β-amino-alcohol motifs (C(OH)–C–C–N with tert-alkyl or cyclic N) is 1. The first-order chi connectivity index (χ1) is 13.0. The van der Waals surface area contributed by atoms with E-state index in [4.69, 9.17) is 9.84 Å². The largest absolute Gasteiger partial charge is 0.466 e. The molecule has 1 aromatic rings. The molecule has 8 heteroatoms. The zero-order valence-electron chi connectivity index (χ0n) is 15.4. The fraction of sp³-hybridized carbons (Fsp3) is 0.421. The average Bonchev–Trinajstić information content (AvgIpc) is 3.20. The number of hydrogen-bond donors (Lipinski definition) is 2. The Hall–Kier alpha value is -2.87. The van der Waals surface area contributed by atoms with Crippen molar-refractivity contribution in [1.29, 1.82) is 0 Å². The lowest BCUT2D eigenvalue weighted by molar-refractivity contribution is -0.136. The normalized spacial score (nSPS) is 17.1. The molecule has 1 aromatic carbocycles. The highest BCUT2D eigenvalue weighted by Gasteiger charge is 2.34. The molecule has 0 atom stereocenters. The molecule has 8 nitrogen and oxygen atoms in total. The summed E-state index contributed by atoms with van der Waals surface area (Å²) in [7, 11) is 1.26. The van der Waals surface area contributed by atoms with Crippen LogP contribution in [0.3, 0.4) is 0 Å². The Morgan fingerprint density at radius 2 is 2.11 bits per heavy atom. The molecule has 27 heavy (non-hydrogen) atoms. The molecule has 0 aromatic heterocycles. The lowest BCUT2D eigenvalue weighted by Crippen LogP contribution is -2.31. The minimum atomic E-state index is -0.581. The van der Waals surface area contributed by atoms with E-state index in [1.165, 1.54) is 12.0 Å². The molecule has 3 rings (SSSR count). The number of aliphatic hydroxyl groups is 1. The molecule has 2 amide bonds. The number of rotatable bonds is 6. The quantitative estimate of drug-likeness (QED) is 0.716. The summed E-state index contributed by atoms with van der Waals surface area (Å²) in [6.45, 7) is 2.65. The first kappa shape index (κ1) is 18.9. The number of nitrogens with zero attached hydrogens (tertiary/aromatic N) is 2. The number of aryl methyl sites for hydroxylation is 1. The van der Waals surface area contributed by atoms with Gasteiger partial charge in [0.25, 0.3) is 5.91 Å². The summed E-state index contributed by atoms with van der Waals surface area (Å²) in [6, 6.07) is 5.45. The number of methoxy groups -OCH3 is 1. The van der Waals surface area contributed by atoms with Crippen molar-refractivity contribution in [3.05, 3.63) is 35.0 Å². The van der Waals surface area contributed by atoms with E-state index in [1.54, 1.807) is 11.0 Å². The zero-order chi connectivity index (χ0) is 19.6. The Labute approximate surface area is 157 Å². The number of aliphatic hydroxyl groups excluding tert-OH is 1. The lowest BCUT2D eigenvalue weighted by atomic mass is 10.1. The van der Waals surface area contributed by atoms with E-state index >= 15 is 0 Å². The van der Waals surface area contributed by atoms with Crippen molar-refractivity contribution in [2.75, 3.05) is 43.6 Å². The Balaban J connectivity index is 1.86. The van der Waals surface area contributed by atoms with Gasteiger partial charge in [0.15, 0.2) is 0 Å². The molecule has 144 valence electrons. The second kappa shape index (κ2) is 7.79. The maximum Gasteiger partial charge on any atom is 0.337 e. The predicted molar refractivity (Wildman–Crippen MR) is 99.1 cm³/mol. The van der Waals surface area contributed by atoms with Gasteiger partial charge < -0.3 is 25.0 Å².